The van der Waals surface area contributed by atoms with E-state index < -0.39 is 11.6 Å². The van der Waals surface area contributed by atoms with E-state index in [1.54, 1.807) is 0 Å². The summed E-state index contributed by atoms with van der Waals surface area (Å²) in [5.74, 6) is -1.03. The number of hydrogen-bond donors (Lipinski definition) is 1. The van der Waals surface area contributed by atoms with E-state index in [-0.39, 0.29) is 6.04 Å². The van der Waals surface area contributed by atoms with Crippen molar-refractivity contribution in [2.45, 2.75) is 32.7 Å². The van der Waals surface area contributed by atoms with Crippen LogP contribution in [-0.2, 0) is 19.9 Å². The molecule has 0 aliphatic heterocycles. The molecular weight excluding hydrogens is 272 g/mol. The highest BCUT2D eigenvalue weighted by Gasteiger charge is 2.15. The summed E-state index contributed by atoms with van der Waals surface area (Å²) in [7, 11) is 1.91. The van der Waals surface area contributed by atoms with E-state index in [4.69, 9.17) is 0 Å². The minimum Gasteiger partial charge on any atom is -0.314 e. The van der Waals surface area contributed by atoms with Crippen molar-refractivity contribution in [1.29, 1.82) is 0 Å². The summed E-state index contributed by atoms with van der Waals surface area (Å²) in [6.07, 6.45) is 1.27. The van der Waals surface area contributed by atoms with Crippen LogP contribution in [0.4, 0.5) is 8.78 Å². The van der Waals surface area contributed by atoms with Crippen LogP contribution < -0.4 is 5.32 Å². The van der Waals surface area contributed by atoms with E-state index in [1.807, 2.05) is 31.6 Å². The van der Waals surface area contributed by atoms with Gasteiger partial charge in [0.1, 0.15) is 11.6 Å². The molecule has 0 amide bonds. The number of nitrogens with one attached hydrogen (secondary N) is 1. The zero-order valence-corrected chi connectivity index (χ0v) is 12.7. The molecule has 0 saturated carbocycles. The summed E-state index contributed by atoms with van der Waals surface area (Å²) in [6, 6.07) is 5.88. The van der Waals surface area contributed by atoms with Gasteiger partial charge in [-0.1, -0.05) is 13.0 Å². The molecule has 0 aliphatic rings. The lowest BCUT2D eigenvalue weighted by Gasteiger charge is -2.18. The van der Waals surface area contributed by atoms with E-state index in [0.717, 1.165) is 30.4 Å². The molecule has 1 unspecified atom stereocenters. The van der Waals surface area contributed by atoms with Crippen molar-refractivity contribution in [3.8, 4) is 0 Å². The number of aromatic nitrogens is 2. The van der Waals surface area contributed by atoms with Crippen LogP contribution in [-0.4, -0.2) is 22.4 Å². The normalized spacial score (nSPS) is 12.6. The summed E-state index contributed by atoms with van der Waals surface area (Å²) >= 11 is 0. The van der Waals surface area contributed by atoms with Crippen molar-refractivity contribution in [1.82, 2.24) is 15.1 Å². The quantitative estimate of drug-likeness (QED) is 0.887. The predicted molar refractivity (Wildman–Crippen MR) is 79.2 cm³/mol. The van der Waals surface area contributed by atoms with E-state index in [2.05, 4.69) is 10.4 Å². The molecule has 0 bridgehead atoms. The van der Waals surface area contributed by atoms with Gasteiger partial charge in [-0.05, 0) is 37.6 Å². The molecule has 1 aromatic carbocycles. The second-order valence-corrected chi connectivity index (χ2v) is 5.30. The zero-order valence-electron chi connectivity index (χ0n) is 12.7. The Kier molecular flexibility index (Phi) is 5.07. The van der Waals surface area contributed by atoms with Crippen molar-refractivity contribution in [2.24, 2.45) is 7.05 Å². The summed E-state index contributed by atoms with van der Waals surface area (Å²) in [6.45, 7) is 4.76. The Hall–Kier alpha value is -1.75. The number of rotatable bonds is 6. The number of aryl methyl sites for hydroxylation is 2. The Morgan fingerprint density at radius 1 is 1.24 bits per heavy atom. The summed E-state index contributed by atoms with van der Waals surface area (Å²) in [4.78, 5) is 0. The fraction of sp³-hybridized carbons (Fsp3) is 0.438. The first kappa shape index (κ1) is 15.6. The maximum Gasteiger partial charge on any atom is 0.129 e. The van der Waals surface area contributed by atoms with Crippen LogP contribution in [0.15, 0.2) is 24.3 Å². The molecule has 21 heavy (non-hydrogen) atoms. The van der Waals surface area contributed by atoms with Gasteiger partial charge in [0.05, 0.1) is 5.69 Å². The van der Waals surface area contributed by atoms with Gasteiger partial charge in [-0.25, -0.2) is 8.78 Å². The number of hydrogen-bond acceptors (Lipinski definition) is 2. The molecule has 0 spiro atoms. The van der Waals surface area contributed by atoms with Gasteiger partial charge in [0.25, 0.3) is 0 Å². The molecule has 0 saturated heterocycles. The van der Waals surface area contributed by atoms with Gasteiger partial charge in [-0.3, -0.25) is 4.68 Å². The minimum atomic E-state index is -0.543. The molecule has 1 heterocycles. The first-order chi connectivity index (χ1) is 9.99. The van der Waals surface area contributed by atoms with Gasteiger partial charge in [-0.2, -0.15) is 5.10 Å². The topological polar surface area (TPSA) is 29.9 Å². The Bertz CT molecular complexity index is 608. The van der Waals surface area contributed by atoms with Crippen molar-refractivity contribution in [2.75, 3.05) is 6.54 Å². The summed E-state index contributed by atoms with van der Waals surface area (Å²) < 4.78 is 28.6. The average molecular weight is 293 g/mol. The van der Waals surface area contributed by atoms with Crippen LogP contribution in [0.25, 0.3) is 0 Å². The number of benzene rings is 1. The smallest absolute Gasteiger partial charge is 0.129 e. The maximum atomic E-state index is 13.8. The fourth-order valence-corrected chi connectivity index (χ4v) is 2.57. The van der Waals surface area contributed by atoms with E-state index in [1.165, 1.54) is 12.1 Å². The maximum absolute atomic E-state index is 13.8. The Balaban J connectivity index is 2.13. The van der Waals surface area contributed by atoms with Gasteiger partial charge < -0.3 is 5.32 Å². The molecule has 0 fully saturated rings. The monoisotopic (exact) mass is 293 g/mol. The van der Waals surface area contributed by atoms with Crippen LogP contribution in [0, 0.1) is 18.6 Å². The third-order valence-corrected chi connectivity index (χ3v) is 3.53. The lowest BCUT2D eigenvalue weighted by molar-refractivity contribution is 0.489. The Morgan fingerprint density at radius 3 is 2.57 bits per heavy atom. The van der Waals surface area contributed by atoms with E-state index in [0.29, 0.717) is 12.0 Å². The lowest BCUT2D eigenvalue weighted by Crippen LogP contribution is -2.34. The van der Waals surface area contributed by atoms with E-state index in [9.17, 15) is 8.78 Å². The molecule has 114 valence electrons. The standard InChI is InChI=1S/C16H21F2N3/c1-4-19-14(10-15-7-11(2)20-21(15)3)8-12-5-6-13(17)9-16(12)18/h5-7,9,14,19H,4,8,10H2,1-3H3. The van der Waals surface area contributed by atoms with Crippen molar-refractivity contribution in [3.63, 3.8) is 0 Å². The Morgan fingerprint density at radius 2 is 2.00 bits per heavy atom. The molecule has 1 aromatic heterocycles. The average Bonchev–Trinajstić information content (AvgIpc) is 2.71. The SMILES string of the molecule is CCNC(Cc1ccc(F)cc1F)Cc1cc(C)nn1C. The second kappa shape index (κ2) is 6.80. The van der Waals surface area contributed by atoms with Crippen molar-refractivity contribution >= 4 is 0 Å². The van der Waals surface area contributed by atoms with Crippen LogP contribution in [0.3, 0.4) is 0 Å². The highest BCUT2D eigenvalue weighted by Crippen LogP contribution is 2.14. The zero-order chi connectivity index (χ0) is 15.4. The molecule has 1 N–H and O–H groups in total. The van der Waals surface area contributed by atoms with Gasteiger partial charge in [0.2, 0.25) is 0 Å². The number of halogens is 2. The summed E-state index contributed by atoms with van der Waals surface area (Å²) in [5.41, 5.74) is 2.60. The number of nitrogens with zero attached hydrogens (tertiary/aromatic N) is 2. The molecular formula is C16H21F2N3. The van der Waals surface area contributed by atoms with Crippen LogP contribution >= 0.6 is 0 Å². The first-order valence-corrected chi connectivity index (χ1v) is 7.16. The Labute approximate surface area is 124 Å². The highest BCUT2D eigenvalue weighted by molar-refractivity contribution is 5.20. The minimum absolute atomic E-state index is 0.0877. The number of likely N-dealkylation sites (N-methyl/N-ethyl adjacent to an activating group) is 1. The van der Waals surface area contributed by atoms with Crippen molar-refractivity contribution in [3.05, 3.63) is 52.9 Å². The van der Waals surface area contributed by atoms with Gasteiger partial charge in [0.15, 0.2) is 0 Å². The third kappa shape index (κ3) is 4.11. The molecule has 3 nitrogen and oxygen atoms in total. The van der Waals surface area contributed by atoms with E-state index >= 15 is 0 Å². The van der Waals surface area contributed by atoms with Crippen LogP contribution in [0.1, 0.15) is 23.9 Å². The second-order valence-electron chi connectivity index (χ2n) is 5.30. The van der Waals surface area contributed by atoms with Crippen LogP contribution in [0.2, 0.25) is 0 Å². The lowest BCUT2D eigenvalue weighted by atomic mass is 10.0. The summed E-state index contributed by atoms with van der Waals surface area (Å²) in [5, 5.41) is 7.68. The van der Waals surface area contributed by atoms with Gasteiger partial charge >= 0.3 is 0 Å². The largest absolute Gasteiger partial charge is 0.314 e. The molecule has 0 radical (unpaired) electrons. The van der Waals surface area contributed by atoms with Gasteiger partial charge in [-0.15, -0.1) is 0 Å². The molecule has 0 aliphatic carbocycles. The fourth-order valence-electron chi connectivity index (χ4n) is 2.57. The highest BCUT2D eigenvalue weighted by atomic mass is 19.1. The first-order valence-electron chi connectivity index (χ1n) is 7.16. The molecule has 1 atom stereocenters. The molecule has 2 rings (SSSR count). The van der Waals surface area contributed by atoms with Gasteiger partial charge in [0, 0.05) is 31.3 Å². The van der Waals surface area contributed by atoms with Crippen molar-refractivity contribution < 1.29 is 8.78 Å². The van der Waals surface area contributed by atoms with Crippen LogP contribution in [0.5, 0.6) is 0 Å². The molecule has 2 aromatic rings. The molecule has 5 heteroatoms. The third-order valence-electron chi connectivity index (χ3n) is 3.53. The predicted octanol–water partition coefficient (Wildman–Crippen LogP) is 2.77.